The second-order valence-electron chi connectivity index (χ2n) is 4.55. The van der Waals surface area contributed by atoms with Gasteiger partial charge in [-0.05, 0) is 37.0 Å². The summed E-state index contributed by atoms with van der Waals surface area (Å²) in [6, 6.07) is 3.80. The minimum Gasteiger partial charge on any atom is -0.376 e. The molecule has 0 aromatic heterocycles. The molecular formula is C13H16FNO4. The van der Waals surface area contributed by atoms with E-state index in [0.717, 1.165) is 38.0 Å². The maximum Gasteiger partial charge on any atom is 0.304 e. The lowest BCUT2D eigenvalue weighted by molar-refractivity contribution is -0.387. The number of nitro benzene ring substituents is 1. The predicted octanol–water partition coefficient (Wildman–Crippen LogP) is 2.82. The van der Waals surface area contributed by atoms with Gasteiger partial charge in [-0.2, -0.15) is 4.39 Å². The Balaban J connectivity index is 1.82. The van der Waals surface area contributed by atoms with Crippen molar-refractivity contribution in [3.8, 4) is 0 Å². The number of halogens is 1. The number of hydrogen-bond donors (Lipinski definition) is 0. The van der Waals surface area contributed by atoms with Crippen LogP contribution in [0, 0.1) is 15.9 Å². The normalized spacial score (nSPS) is 19.3. The summed E-state index contributed by atoms with van der Waals surface area (Å²) in [7, 11) is 0. The van der Waals surface area contributed by atoms with E-state index in [1.165, 1.54) is 6.07 Å². The summed E-state index contributed by atoms with van der Waals surface area (Å²) >= 11 is 0. The zero-order valence-corrected chi connectivity index (χ0v) is 10.5. The SMILES string of the molecule is O=[N+]([O-])c1ccc(COCC2CCCCO2)cc1F. The molecule has 1 heterocycles. The van der Waals surface area contributed by atoms with Crippen molar-refractivity contribution >= 4 is 5.69 Å². The van der Waals surface area contributed by atoms with Crippen LogP contribution in [0.15, 0.2) is 18.2 Å². The van der Waals surface area contributed by atoms with E-state index in [1.54, 1.807) is 0 Å². The molecule has 1 atom stereocenters. The van der Waals surface area contributed by atoms with Gasteiger partial charge in [-0.15, -0.1) is 0 Å². The van der Waals surface area contributed by atoms with Crippen LogP contribution in [0.2, 0.25) is 0 Å². The third kappa shape index (κ3) is 3.97. The fraction of sp³-hybridized carbons (Fsp3) is 0.538. The largest absolute Gasteiger partial charge is 0.376 e. The van der Waals surface area contributed by atoms with Crippen molar-refractivity contribution in [1.82, 2.24) is 0 Å². The molecule has 1 aliphatic heterocycles. The lowest BCUT2D eigenvalue weighted by atomic mass is 10.1. The van der Waals surface area contributed by atoms with Gasteiger partial charge in [0, 0.05) is 12.7 Å². The molecule has 1 saturated heterocycles. The Labute approximate surface area is 110 Å². The van der Waals surface area contributed by atoms with E-state index in [1.807, 2.05) is 0 Å². The summed E-state index contributed by atoms with van der Waals surface area (Å²) in [5, 5.41) is 10.5. The van der Waals surface area contributed by atoms with Crippen molar-refractivity contribution < 1.29 is 18.8 Å². The van der Waals surface area contributed by atoms with E-state index in [4.69, 9.17) is 9.47 Å². The van der Waals surface area contributed by atoms with E-state index in [9.17, 15) is 14.5 Å². The van der Waals surface area contributed by atoms with Crippen LogP contribution in [0.5, 0.6) is 0 Å². The highest BCUT2D eigenvalue weighted by molar-refractivity contribution is 5.34. The molecule has 0 amide bonds. The first-order valence-electron chi connectivity index (χ1n) is 6.29. The van der Waals surface area contributed by atoms with E-state index < -0.39 is 16.4 Å². The molecular weight excluding hydrogens is 253 g/mol. The number of nitro groups is 1. The lowest BCUT2D eigenvalue weighted by Gasteiger charge is -2.22. The van der Waals surface area contributed by atoms with Gasteiger partial charge in [0.1, 0.15) is 0 Å². The Morgan fingerprint density at radius 1 is 1.47 bits per heavy atom. The van der Waals surface area contributed by atoms with Crippen LogP contribution in [-0.4, -0.2) is 24.2 Å². The molecule has 0 radical (unpaired) electrons. The van der Waals surface area contributed by atoms with Gasteiger partial charge in [-0.1, -0.05) is 0 Å². The number of ether oxygens (including phenoxy) is 2. The van der Waals surface area contributed by atoms with Gasteiger partial charge in [0.05, 0.1) is 24.2 Å². The monoisotopic (exact) mass is 269 g/mol. The predicted molar refractivity (Wildman–Crippen MR) is 66.3 cm³/mol. The van der Waals surface area contributed by atoms with E-state index in [-0.39, 0.29) is 12.7 Å². The Morgan fingerprint density at radius 3 is 2.95 bits per heavy atom. The first kappa shape index (κ1) is 13.9. The average Bonchev–Trinajstić information content (AvgIpc) is 2.39. The summed E-state index contributed by atoms with van der Waals surface area (Å²) in [5.41, 5.74) is 0.0678. The second kappa shape index (κ2) is 6.58. The fourth-order valence-corrected chi connectivity index (χ4v) is 2.04. The molecule has 1 unspecified atom stereocenters. The topological polar surface area (TPSA) is 61.6 Å². The highest BCUT2D eigenvalue weighted by Crippen LogP contribution is 2.19. The number of hydrogen-bond acceptors (Lipinski definition) is 4. The van der Waals surface area contributed by atoms with E-state index in [2.05, 4.69) is 0 Å². The van der Waals surface area contributed by atoms with E-state index in [0.29, 0.717) is 12.2 Å². The Morgan fingerprint density at radius 2 is 2.32 bits per heavy atom. The second-order valence-corrected chi connectivity index (χ2v) is 4.55. The number of benzene rings is 1. The summed E-state index contributed by atoms with van der Waals surface area (Å²) in [5.74, 6) is -0.833. The zero-order chi connectivity index (χ0) is 13.7. The minimum absolute atomic E-state index is 0.108. The molecule has 6 heteroatoms. The molecule has 104 valence electrons. The van der Waals surface area contributed by atoms with Crippen LogP contribution >= 0.6 is 0 Å². The molecule has 1 aromatic rings. The van der Waals surface area contributed by atoms with Gasteiger partial charge >= 0.3 is 5.69 Å². The lowest BCUT2D eigenvalue weighted by Crippen LogP contribution is -2.24. The molecule has 0 bridgehead atoms. The van der Waals surface area contributed by atoms with Gasteiger partial charge in [-0.25, -0.2) is 0 Å². The summed E-state index contributed by atoms with van der Waals surface area (Å²) < 4.78 is 24.3. The van der Waals surface area contributed by atoms with Crippen molar-refractivity contribution in [2.24, 2.45) is 0 Å². The first-order chi connectivity index (χ1) is 9.16. The standard InChI is InChI=1S/C13H16FNO4/c14-12-7-10(4-5-13(12)15(16)17)8-18-9-11-3-1-2-6-19-11/h4-5,7,11H,1-3,6,8-9H2. The maximum atomic E-state index is 13.4. The van der Waals surface area contributed by atoms with E-state index >= 15 is 0 Å². The number of nitrogens with zero attached hydrogens (tertiary/aromatic N) is 1. The summed E-state index contributed by atoms with van der Waals surface area (Å²) in [6.45, 7) is 1.47. The smallest absolute Gasteiger partial charge is 0.304 e. The molecule has 19 heavy (non-hydrogen) atoms. The molecule has 1 fully saturated rings. The maximum absolute atomic E-state index is 13.4. The highest BCUT2D eigenvalue weighted by atomic mass is 19.1. The minimum atomic E-state index is -0.833. The van der Waals surface area contributed by atoms with Gasteiger partial charge in [0.15, 0.2) is 0 Å². The van der Waals surface area contributed by atoms with Gasteiger partial charge in [0.2, 0.25) is 5.82 Å². The molecule has 5 nitrogen and oxygen atoms in total. The highest BCUT2D eigenvalue weighted by Gasteiger charge is 2.15. The van der Waals surface area contributed by atoms with Crippen molar-refractivity contribution in [2.45, 2.75) is 32.0 Å². The van der Waals surface area contributed by atoms with Crippen molar-refractivity contribution in [3.63, 3.8) is 0 Å². The first-order valence-corrected chi connectivity index (χ1v) is 6.29. The third-order valence-corrected chi connectivity index (χ3v) is 3.06. The van der Waals surface area contributed by atoms with Crippen molar-refractivity contribution in [3.05, 3.63) is 39.7 Å². The van der Waals surface area contributed by atoms with Gasteiger partial charge in [-0.3, -0.25) is 10.1 Å². The molecule has 0 N–H and O–H groups in total. The van der Waals surface area contributed by atoms with Gasteiger partial charge in [0.25, 0.3) is 0 Å². The average molecular weight is 269 g/mol. The third-order valence-electron chi connectivity index (χ3n) is 3.06. The molecule has 1 aliphatic rings. The fourth-order valence-electron chi connectivity index (χ4n) is 2.04. The molecule has 2 rings (SSSR count). The van der Waals surface area contributed by atoms with Crippen LogP contribution in [0.4, 0.5) is 10.1 Å². The summed E-state index contributed by atoms with van der Waals surface area (Å²) in [6.07, 6.45) is 3.32. The quantitative estimate of drug-likeness (QED) is 0.609. The molecule has 1 aromatic carbocycles. The van der Waals surface area contributed by atoms with Crippen LogP contribution < -0.4 is 0 Å². The van der Waals surface area contributed by atoms with Crippen LogP contribution in [-0.2, 0) is 16.1 Å². The van der Waals surface area contributed by atoms with Gasteiger partial charge < -0.3 is 9.47 Å². The molecule has 0 spiro atoms. The Bertz CT molecular complexity index is 446. The van der Waals surface area contributed by atoms with Crippen molar-refractivity contribution in [1.29, 1.82) is 0 Å². The molecule has 0 aliphatic carbocycles. The Hall–Kier alpha value is -1.53. The molecule has 0 saturated carbocycles. The number of rotatable bonds is 5. The Kier molecular flexibility index (Phi) is 4.81. The van der Waals surface area contributed by atoms with Crippen LogP contribution in [0.25, 0.3) is 0 Å². The van der Waals surface area contributed by atoms with Crippen LogP contribution in [0.3, 0.4) is 0 Å². The zero-order valence-electron chi connectivity index (χ0n) is 10.5. The van der Waals surface area contributed by atoms with Crippen LogP contribution in [0.1, 0.15) is 24.8 Å². The summed E-state index contributed by atoms with van der Waals surface area (Å²) in [4.78, 5) is 9.73. The van der Waals surface area contributed by atoms with Crippen molar-refractivity contribution in [2.75, 3.05) is 13.2 Å².